The molecule has 0 aliphatic carbocycles. The predicted molar refractivity (Wildman–Crippen MR) is 345 cm³/mol. The molecular formula is C63H101N13O22. The summed E-state index contributed by atoms with van der Waals surface area (Å²) >= 11 is 0. The van der Waals surface area contributed by atoms with Crippen LogP contribution in [-0.2, 0) is 81.4 Å². The Morgan fingerprint density at radius 2 is 1.29 bits per heavy atom. The number of quaternary nitrogens is 1. The molecule has 2 aliphatic rings. The number of carbonyl (C=O) groups is 16. The minimum atomic E-state index is -2.87. The minimum absolute atomic E-state index is 0.0388. The smallest absolute Gasteiger partial charge is 0.335 e. The van der Waals surface area contributed by atoms with Gasteiger partial charge in [-0.05, 0) is 89.5 Å². The van der Waals surface area contributed by atoms with Crippen molar-refractivity contribution >= 4 is 94.8 Å². The number of allylic oxidation sites excluding steroid dienone is 3. The normalized spacial score (nSPS) is 25.0. The van der Waals surface area contributed by atoms with Gasteiger partial charge in [-0.1, -0.05) is 66.7 Å². The van der Waals surface area contributed by atoms with Crippen molar-refractivity contribution in [2.75, 3.05) is 47.3 Å². The van der Waals surface area contributed by atoms with Gasteiger partial charge in [0.15, 0.2) is 12.2 Å². The number of fused-ring (bicyclic) bond motifs is 1. The van der Waals surface area contributed by atoms with E-state index in [-0.39, 0.29) is 49.8 Å². The molecule has 98 heavy (non-hydrogen) atoms. The number of esters is 1. The number of aliphatic carboxylic acids is 4. The molecule has 2 saturated heterocycles. The van der Waals surface area contributed by atoms with E-state index in [2.05, 4.69) is 37.2 Å². The van der Waals surface area contributed by atoms with Crippen LogP contribution in [0.1, 0.15) is 121 Å². The fourth-order valence-corrected chi connectivity index (χ4v) is 10.5. The number of nitrogens with one attached hydrogen (secondary N) is 10. The van der Waals surface area contributed by atoms with Gasteiger partial charge in [-0.15, -0.1) is 0 Å². The highest BCUT2D eigenvalue weighted by molar-refractivity contribution is 6.02. The van der Waals surface area contributed by atoms with Crippen molar-refractivity contribution in [3.63, 3.8) is 0 Å². The molecule has 2 aliphatic heterocycles. The van der Waals surface area contributed by atoms with Crippen LogP contribution >= 0.6 is 0 Å². The molecule has 2 heterocycles. The second-order valence-corrected chi connectivity index (χ2v) is 26.9. The van der Waals surface area contributed by atoms with Gasteiger partial charge in [0.05, 0.1) is 52.0 Å². The number of rotatable bonds is 27. The molecule has 0 aromatic heterocycles. The van der Waals surface area contributed by atoms with Crippen molar-refractivity contribution in [2.45, 2.75) is 193 Å². The highest BCUT2D eigenvalue weighted by Crippen LogP contribution is 2.26. The summed E-state index contributed by atoms with van der Waals surface area (Å²) in [6, 6.07) is -19.0. The number of unbranched alkanes of at least 4 members (excludes halogenated alkanes) is 1. The summed E-state index contributed by atoms with van der Waals surface area (Å²) in [6.07, 6.45) is 0.694. The first-order chi connectivity index (χ1) is 45.5. The SMILES string of the molecule is CC(C)CC/C=C\C=C\C(=O)N[C@H](C(=O)N[C@@H]1C(=O)N[C@H](C(C)C)C(=O)N[C@@H](CCCCN)C(=O)N[C@@H](C(O)C(=O)O)C(=O)N[C@@H](CC(=O)O)C(=O)NCC(=O)N[C@H](C(C)C(=O)OC(CC(=O)[O-])C[N+](C)(C)C)C(=O)N[C@@H](C(C)C)C(=O)N2C[C@H](C)C[C@H]2C(=O)NC1C)C(C)C(=O)O. The average molecular weight is 1390 g/mol. The number of carboxylic acid groups (broad SMARTS) is 4. The molecule has 5 unspecified atom stereocenters. The third kappa shape index (κ3) is 28.1. The van der Waals surface area contributed by atoms with Crippen LogP contribution in [0, 0.1) is 35.5 Å². The molecule has 0 saturated carbocycles. The average Bonchev–Trinajstić information content (AvgIpc) is 1.60. The van der Waals surface area contributed by atoms with Crippen molar-refractivity contribution in [3.05, 3.63) is 24.3 Å². The first kappa shape index (κ1) is 85.0. The Bertz CT molecular complexity index is 2950. The van der Waals surface area contributed by atoms with Gasteiger partial charge in [-0.3, -0.25) is 67.1 Å². The zero-order valence-corrected chi connectivity index (χ0v) is 57.8. The zero-order chi connectivity index (χ0) is 74.8. The van der Waals surface area contributed by atoms with Gasteiger partial charge in [0.25, 0.3) is 0 Å². The van der Waals surface area contributed by atoms with Gasteiger partial charge < -0.3 is 103 Å². The molecule has 15 atom stereocenters. The number of ether oxygens (including phenoxy) is 1. The number of nitrogens with zero attached hydrogens (tertiary/aromatic N) is 2. The molecule has 16 N–H and O–H groups in total. The Balaban J connectivity index is 3.06. The van der Waals surface area contributed by atoms with E-state index in [4.69, 9.17) is 10.5 Å². The Morgan fingerprint density at radius 1 is 0.704 bits per heavy atom. The maximum atomic E-state index is 15.0. The molecule has 2 rings (SSSR count). The largest absolute Gasteiger partial charge is 0.550 e. The summed E-state index contributed by atoms with van der Waals surface area (Å²) in [7, 11) is 4.94. The third-order valence-electron chi connectivity index (χ3n) is 16.0. The van der Waals surface area contributed by atoms with Crippen LogP contribution in [0.25, 0.3) is 0 Å². The van der Waals surface area contributed by atoms with Gasteiger partial charge in [-0.25, -0.2) is 4.79 Å². The number of amides is 11. The molecule has 35 nitrogen and oxygen atoms in total. The fraction of sp³-hybridized carbons (Fsp3) is 0.683. The molecular weight excluding hydrogens is 1290 g/mol. The molecule has 11 amide bonds. The topological polar surface area (TPSA) is 536 Å². The van der Waals surface area contributed by atoms with Crippen LogP contribution in [0.4, 0.5) is 0 Å². The first-order valence-electron chi connectivity index (χ1n) is 32.4. The standard InChI is InChI=1S/C63H101N13O22/c1-30(2)20-16-14-15-17-22-41(77)69-47(34(8)61(93)94)56(88)73-49-36(10)66-54(86)40-24-33(7)28-75(40)60(92)46(32(5)6)72-57(89)48(35(9)63(97)98-37(25-43(79)80)29-76(11,12)13)70-42(78)27-65-52(84)39(26-44(81)82)68-59(91)50(51(83)62(95)96)74-53(85)38(21-18-19-23-64)67-55(87)45(31(3)4)71-58(49)90/h14-15,17,22,30-40,45-51,83H,16,18-21,23-29,64H2,1-13H3,(H13-,65,66,67,68,69,70,71,72,73,74,77,78,79,80,81,82,84,85,86,87,88,89,90,91,93,94,95,96)/b15-14-,22-17+/t33-,34?,35?,36?,37?,38+,39+,40+,45-,46+,47+,48-,49+,50+,51?/m1/s1. The summed E-state index contributed by atoms with van der Waals surface area (Å²) in [6.45, 7) is 13.6. The quantitative estimate of drug-likeness (QED) is 0.0120. The van der Waals surface area contributed by atoms with Crippen LogP contribution in [0.15, 0.2) is 24.3 Å². The van der Waals surface area contributed by atoms with E-state index in [1.54, 1.807) is 40.2 Å². The van der Waals surface area contributed by atoms with Gasteiger partial charge >= 0.3 is 23.9 Å². The molecule has 0 bridgehead atoms. The zero-order valence-electron chi connectivity index (χ0n) is 57.8. The summed E-state index contributed by atoms with van der Waals surface area (Å²) in [5.41, 5.74) is 5.72. The number of carbonyl (C=O) groups excluding carboxylic acids is 13. The molecule has 0 radical (unpaired) electrons. The van der Waals surface area contributed by atoms with Crippen molar-refractivity contribution < 1.29 is 111 Å². The van der Waals surface area contributed by atoms with Crippen LogP contribution in [0.3, 0.4) is 0 Å². The lowest BCUT2D eigenvalue weighted by atomic mass is 9.97. The summed E-state index contributed by atoms with van der Waals surface area (Å²) < 4.78 is 5.62. The van der Waals surface area contributed by atoms with Crippen molar-refractivity contribution in [1.29, 1.82) is 0 Å². The molecule has 2 fully saturated rings. The lowest BCUT2D eigenvalue weighted by molar-refractivity contribution is -0.873. The maximum absolute atomic E-state index is 15.0. The van der Waals surface area contributed by atoms with E-state index in [0.29, 0.717) is 12.3 Å². The maximum Gasteiger partial charge on any atom is 0.335 e. The van der Waals surface area contributed by atoms with E-state index < -0.39 is 216 Å². The van der Waals surface area contributed by atoms with Gasteiger partial charge in [0, 0.05) is 25.0 Å². The summed E-state index contributed by atoms with van der Waals surface area (Å²) in [5, 5.41) is 75.6. The van der Waals surface area contributed by atoms with E-state index in [1.165, 1.54) is 40.7 Å². The van der Waals surface area contributed by atoms with E-state index in [1.807, 2.05) is 29.8 Å². The lowest BCUT2D eigenvalue weighted by Crippen LogP contribution is -2.65. The number of aliphatic hydroxyl groups excluding tert-OH is 1. The Hall–Kier alpha value is -9.12. The Morgan fingerprint density at radius 3 is 1.84 bits per heavy atom. The lowest BCUT2D eigenvalue weighted by Gasteiger charge is -2.34. The van der Waals surface area contributed by atoms with Crippen LogP contribution in [0.5, 0.6) is 0 Å². The summed E-state index contributed by atoms with van der Waals surface area (Å²) in [4.78, 5) is 222. The fourth-order valence-electron chi connectivity index (χ4n) is 10.5. The Kier molecular flexibility index (Phi) is 34.6. The van der Waals surface area contributed by atoms with Crippen molar-refractivity contribution in [1.82, 2.24) is 58.1 Å². The first-order valence-corrected chi connectivity index (χ1v) is 32.4. The van der Waals surface area contributed by atoms with Crippen molar-refractivity contribution in [2.24, 2.45) is 41.2 Å². The molecule has 0 aromatic rings. The second kappa shape index (κ2) is 39.9. The number of aliphatic hydroxyl groups is 1. The number of likely N-dealkylation sites (N-methyl/N-ethyl adjacent to an activating group) is 1. The molecule has 35 heteroatoms. The molecule has 0 aromatic carbocycles. The van der Waals surface area contributed by atoms with Crippen LogP contribution < -0.4 is 64.0 Å². The number of hydrogen-bond donors (Lipinski definition) is 15. The van der Waals surface area contributed by atoms with E-state index >= 15 is 0 Å². The highest BCUT2D eigenvalue weighted by Gasteiger charge is 2.46. The van der Waals surface area contributed by atoms with Crippen molar-refractivity contribution in [3.8, 4) is 0 Å². The minimum Gasteiger partial charge on any atom is -0.550 e. The predicted octanol–water partition coefficient (Wildman–Crippen LogP) is -5.24. The number of hydrogen-bond acceptors (Lipinski definition) is 20. The van der Waals surface area contributed by atoms with E-state index in [9.17, 15) is 102 Å². The second-order valence-electron chi connectivity index (χ2n) is 26.9. The van der Waals surface area contributed by atoms with Gasteiger partial charge in [0.1, 0.15) is 60.9 Å². The number of nitrogens with two attached hydrogens (primary N) is 1. The number of carboxylic acids is 4. The monoisotopic (exact) mass is 1390 g/mol. The van der Waals surface area contributed by atoms with Crippen LogP contribution in [-0.4, -0.2) is 245 Å². The van der Waals surface area contributed by atoms with Crippen LogP contribution in [0.2, 0.25) is 0 Å². The summed E-state index contributed by atoms with van der Waals surface area (Å²) in [5.74, 6) is -27.4. The highest BCUT2D eigenvalue weighted by atomic mass is 16.5. The molecule has 0 spiro atoms. The Labute approximate surface area is 568 Å². The molecule has 550 valence electrons. The van der Waals surface area contributed by atoms with E-state index in [0.717, 1.165) is 31.2 Å². The van der Waals surface area contributed by atoms with Gasteiger partial charge in [-0.2, -0.15) is 0 Å². The third-order valence-corrected chi connectivity index (χ3v) is 16.0. The van der Waals surface area contributed by atoms with Gasteiger partial charge in [0.2, 0.25) is 65.0 Å².